The summed E-state index contributed by atoms with van der Waals surface area (Å²) >= 11 is 5.65. The van der Waals surface area contributed by atoms with Gasteiger partial charge in [0.25, 0.3) is 5.95 Å². The molecular weight excluding hydrogens is 513 g/mol. The lowest BCUT2D eigenvalue weighted by Crippen LogP contribution is -2.54. The van der Waals surface area contributed by atoms with Crippen LogP contribution in [-0.2, 0) is 10.9 Å². The van der Waals surface area contributed by atoms with E-state index in [-0.39, 0.29) is 17.9 Å². The van der Waals surface area contributed by atoms with E-state index in [4.69, 9.17) is 16.3 Å². The first-order chi connectivity index (χ1) is 17.6. The summed E-state index contributed by atoms with van der Waals surface area (Å²) in [5, 5.41) is 8.34. The van der Waals surface area contributed by atoms with E-state index in [2.05, 4.69) is 31.0 Å². The average molecular weight is 535 g/mol. The highest BCUT2D eigenvalue weighted by molar-refractivity contribution is 6.31. The van der Waals surface area contributed by atoms with Crippen LogP contribution in [0, 0.1) is 6.92 Å². The van der Waals surface area contributed by atoms with Crippen LogP contribution in [0.15, 0.2) is 42.7 Å². The number of morpholine rings is 1. The van der Waals surface area contributed by atoms with Crippen molar-refractivity contribution < 1.29 is 22.7 Å². The molecule has 37 heavy (non-hydrogen) atoms. The third-order valence-electron chi connectivity index (χ3n) is 5.83. The maximum atomic E-state index is 13.1. The van der Waals surface area contributed by atoms with E-state index in [1.54, 1.807) is 23.3 Å². The molecular formula is C23H22ClF3N8O2. The van der Waals surface area contributed by atoms with Crippen LogP contribution in [0.5, 0.6) is 0 Å². The van der Waals surface area contributed by atoms with Gasteiger partial charge in [-0.3, -0.25) is 5.43 Å². The third kappa shape index (κ3) is 5.38. The van der Waals surface area contributed by atoms with Gasteiger partial charge in [-0.1, -0.05) is 17.7 Å². The minimum Gasteiger partial charge on any atom is -0.364 e. The first kappa shape index (κ1) is 25.0. The molecule has 2 aromatic carbocycles. The summed E-state index contributed by atoms with van der Waals surface area (Å²) < 4.78 is 45.4. The van der Waals surface area contributed by atoms with Crippen molar-refractivity contribution in [1.82, 2.24) is 20.0 Å². The molecule has 0 radical (unpaired) electrons. The minimum absolute atomic E-state index is 0.0501. The normalized spacial score (nSPS) is 20.7. The number of rotatable bonds is 4. The first-order valence-electron chi connectivity index (χ1n) is 11.3. The number of hydrazine groups is 2. The standard InChI is InChI=1S/C23H22ClF3N8O2/c1-12-3-4-15(31-22(36)30-14-5-6-17(24)16(7-14)23(25,26)27)8-18(12)33-35-21-29-11-28-20(32-21)19-10-34(35)9-13(2)37-19/h3-8,11,13,19,33H,9-10H2,1-2H3,(H2,30,31,36). The van der Waals surface area contributed by atoms with E-state index in [0.717, 1.165) is 17.7 Å². The van der Waals surface area contributed by atoms with Crippen LogP contribution < -0.4 is 21.2 Å². The number of hydrogen-bond acceptors (Lipinski definition) is 8. The summed E-state index contributed by atoms with van der Waals surface area (Å²) in [6, 6.07) is 7.61. The number of carbonyl (C=O) groups is 1. The maximum Gasteiger partial charge on any atom is 0.417 e. The number of aromatic nitrogens is 3. The highest BCUT2D eigenvalue weighted by Gasteiger charge is 2.36. The summed E-state index contributed by atoms with van der Waals surface area (Å²) in [5.41, 5.74) is 4.16. The number of ether oxygens (including phenoxy) is 1. The number of urea groups is 1. The summed E-state index contributed by atoms with van der Waals surface area (Å²) in [7, 11) is 0. The second kappa shape index (κ2) is 9.65. The SMILES string of the molecule is Cc1ccc(NC(=O)Nc2ccc(Cl)c(C(F)(F)F)c2)cc1NN1c2ncnc(n2)C2CN1CC(C)O2. The Balaban J connectivity index is 1.33. The molecule has 1 aromatic heterocycles. The fraction of sp³-hybridized carbons (Fsp3) is 0.304. The van der Waals surface area contributed by atoms with Gasteiger partial charge < -0.3 is 15.4 Å². The summed E-state index contributed by atoms with van der Waals surface area (Å²) in [6.07, 6.45) is -3.57. The van der Waals surface area contributed by atoms with Gasteiger partial charge in [0.2, 0.25) is 0 Å². The first-order valence-corrected chi connectivity index (χ1v) is 11.7. The van der Waals surface area contributed by atoms with Gasteiger partial charge in [0.05, 0.1) is 28.9 Å². The number of benzene rings is 2. The number of aryl methyl sites for hydroxylation is 1. The van der Waals surface area contributed by atoms with E-state index in [0.29, 0.717) is 36.2 Å². The van der Waals surface area contributed by atoms with Gasteiger partial charge in [-0.05, 0) is 49.7 Å². The van der Waals surface area contributed by atoms with Gasteiger partial charge >= 0.3 is 12.2 Å². The fourth-order valence-corrected chi connectivity index (χ4v) is 4.31. The molecule has 0 aliphatic carbocycles. The topological polar surface area (TPSA) is 108 Å². The molecule has 0 saturated carbocycles. The molecule has 194 valence electrons. The van der Waals surface area contributed by atoms with Crippen LogP contribution in [0.25, 0.3) is 0 Å². The smallest absolute Gasteiger partial charge is 0.364 e. The van der Waals surface area contributed by atoms with Crippen molar-refractivity contribution in [2.75, 3.05) is 34.3 Å². The van der Waals surface area contributed by atoms with Gasteiger partial charge in [0, 0.05) is 17.9 Å². The number of nitrogens with one attached hydrogen (secondary N) is 3. The largest absolute Gasteiger partial charge is 0.417 e. The van der Waals surface area contributed by atoms with Crippen molar-refractivity contribution in [3.63, 3.8) is 0 Å². The van der Waals surface area contributed by atoms with Crippen LogP contribution in [0.2, 0.25) is 5.02 Å². The minimum atomic E-state index is -4.65. The highest BCUT2D eigenvalue weighted by atomic mass is 35.5. The van der Waals surface area contributed by atoms with Gasteiger partial charge in [-0.15, -0.1) is 0 Å². The Hall–Kier alpha value is -3.68. The van der Waals surface area contributed by atoms with Crippen molar-refractivity contribution in [2.45, 2.75) is 32.2 Å². The molecule has 2 aliphatic heterocycles. The van der Waals surface area contributed by atoms with Gasteiger partial charge in [0.1, 0.15) is 12.4 Å². The summed E-state index contributed by atoms with van der Waals surface area (Å²) in [6.45, 7) is 4.96. The zero-order chi connectivity index (χ0) is 26.3. The predicted molar refractivity (Wildman–Crippen MR) is 131 cm³/mol. The van der Waals surface area contributed by atoms with Crippen LogP contribution in [-0.4, -0.2) is 45.2 Å². The van der Waals surface area contributed by atoms with Gasteiger partial charge in [-0.25, -0.2) is 9.78 Å². The number of halogens is 4. The van der Waals surface area contributed by atoms with Gasteiger partial charge in [-0.2, -0.15) is 33.3 Å². The predicted octanol–water partition coefficient (Wildman–Crippen LogP) is 5.02. The van der Waals surface area contributed by atoms with Gasteiger partial charge in [0.15, 0.2) is 5.82 Å². The lowest BCUT2D eigenvalue weighted by molar-refractivity contribution is -0.137. The van der Waals surface area contributed by atoms with E-state index in [1.807, 2.05) is 18.9 Å². The summed E-state index contributed by atoms with van der Waals surface area (Å²) in [5.74, 6) is 0.939. The lowest BCUT2D eigenvalue weighted by atomic mass is 10.2. The lowest BCUT2D eigenvalue weighted by Gasteiger charge is -2.40. The van der Waals surface area contributed by atoms with Crippen molar-refractivity contribution in [3.8, 4) is 0 Å². The zero-order valence-corrected chi connectivity index (χ0v) is 20.4. The number of nitrogens with zero attached hydrogens (tertiary/aromatic N) is 5. The van der Waals surface area contributed by atoms with Crippen molar-refractivity contribution in [2.24, 2.45) is 0 Å². The molecule has 5 rings (SSSR count). The summed E-state index contributed by atoms with van der Waals surface area (Å²) in [4.78, 5) is 25.6. The number of fused-ring (bicyclic) bond motifs is 5. The number of anilines is 4. The van der Waals surface area contributed by atoms with Crippen LogP contribution in [0.4, 0.5) is 41.0 Å². The number of amides is 2. The molecule has 0 spiro atoms. The molecule has 3 N–H and O–H groups in total. The third-order valence-corrected chi connectivity index (χ3v) is 6.16. The molecule has 10 nitrogen and oxygen atoms in total. The van der Waals surface area contributed by atoms with E-state index >= 15 is 0 Å². The molecule has 2 amide bonds. The molecule has 3 unspecified atom stereocenters. The molecule has 4 bridgehead atoms. The maximum absolute atomic E-state index is 13.1. The molecule has 3 aromatic rings. The second-order valence-electron chi connectivity index (χ2n) is 8.68. The Morgan fingerprint density at radius 3 is 2.59 bits per heavy atom. The van der Waals surface area contributed by atoms with E-state index in [9.17, 15) is 18.0 Å². The second-order valence-corrected chi connectivity index (χ2v) is 9.08. The van der Waals surface area contributed by atoms with E-state index < -0.39 is 22.8 Å². The quantitative estimate of drug-likeness (QED) is 0.428. The molecule has 2 aliphatic rings. The van der Waals surface area contributed by atoms with E-state index in [1.165, 1.54) is 12.4 Å². The average Bonchev–Trinajstić information content (AvgIpc) is 2.90. The Bertz CT molecular complexity index is 1340. The molecule has 3 atom stereocenters. The van der Waals surface area contributed by atoms with Crippen molar-refractivity contribution in [3.05, 3.63) is 64.7 Å². The Kier molecular flexibility index (Phi) is 6.52. The van der Waals surface area contributed by atoms with Crippen molar-refractivity contribution in [1.29, 1.82) is 0 Å². The number of hydrogen-bond donors (Lipinski definition) is 3. The highest BCUT2D eigenvalue weighted by Crippen LogP contribution is 2.36. The molecule has 14 heteroatoms. The van der Waals surface area contributed by atoms with Crippen LogP contribution in [0.1, 0.15) is 30.0 Å². The van der Waals surface area contributed by atoms with Crippen LogP contribution >= 0.6 is 11.6 Å². The Morgan fingerprint density at radius 1 is 1.11 bits per heavy atom. The zero-order valence-electron chi connectivity index (χ0n) is 19.7. The molecule has 1 fully saturated rings. The molecule has 3 heterocycles. The Labute approximate surface area is 214 Å². The molecule has 1 saturated heterocycles. The van der Waals surface area contributed by atoms with Crippen LogP contribution in [0.3, 0.4) is 0 Å². The monoisotopic (exact) mass is 534 g/mol. The Morgan fingerprint density at radius 2 is 1.84 bits per heavy atom. The fourth-order valence-electron chi connectivity index (χ4n) is 4.09. The number of alkyl halides is 3. The van der Waals surface area contributed by atoms with Crippen molar-refractivity contribution >= 4 is 40.6 Å². The number of carbonyl (C=O) groups excluding carboxylic acids is 1.